The van der Waals surface area contributed by atoms with Crippen LogP contribution >= 0.6 is 11.8 Å². The molecule has 0 bridgehead atoms. The molecule has 0 radical (unpaired) electrons. The van der Waals surface area contributed by atoms with Gasteiger partial charge in [0.15, 0.2) is 0 Å². The fourth-order valence-corrected chi connectivity index (χ4v) is 6.00. The van der Waals surface area contributed by atoms with Crippen LogP contribution in [-0.2, 0) is 4.75 Å². The number of nitrogens with zero attached hydrogens (tertiary/aromatic N) is 1. The number of likely N-dealkylation sites (tertiary alicyclic amines) is 1. The molecule has 0 aromatic heterocycles. The van der Waals surface area contributed by atoms with E-state index in [2.05, 4.69) is 108 Å². The molecule has 1 heterocycles. The summed E-state index contributed by atoms with van der Waals surface area (Å²) in [5, 5.41) is 0. The first kappa shape index (κ1) is 20.3. The third-order valence-electron chi connectivity index (χ3n) is 5.93. The standard InChI is InChI=1S/C27H31NS/c1-4-14-24(15-5-1)27(25-16-6-2-7-17-25,26-18-8-3-9-19-26)29-23-13-12-22-28-20-10-11-21-28/h1-9,14-19H,10-13,20-23H2. The zero-order chi connectivity index (χ0) is 19.8. The first-order valence-electron chi connectivity index (χ1n) is 10.9. The van der Waals surface area contributed by atoms with Crippen molar-refractivity contribution in [3.63, 3.8) is 0 Å². The Balaban J connectivity index is 1.61. The second-order valence-electron chi connectivity index (χ2n) is 7.88. The number of unbranched alkanes of at least 4 members (excludes halogenated alkanes) is 1. The third-order valence-corrected chi connectivity index (χ3v) is 7.56. The summed E-state index contributed by atoms with van der Waals surface area (Å²) in [6.07, 6.45) is 5.32. The zero-order valence-electron chi connectivity index (χ0n) is 17.2. The fraction of sp³-hybridized carbons (Fsp3) is 0.333. The summed E-state index contributed by atoms with van der Waals surface area (Å²) in [6.45, 7) is 3.86. The molecule has 4 rings (SSSR count). The molecule has 0 saturated carbocycles. The molecule has 1 fully saturated rings. The predicted octanol–water partition coefficient (Wildman–Crippen LogP) is 6.59. The molecule has 0 atom stereocenters. The van der Waals surface area contributed by atoms with Gasteiger partial charge in [-0.1, -0.05) is 91.0 Å². The summed E-state index contributed by atoms with van der Waals surface area (Å²) >= 11 is 2.09. The van der Waals surface area contributed by atoms with Gasteiger partial charge in [0.25, 0.3) is 0 Å². The molecule has 0 N–H and O–H groups in total. The highest BCUT2D eigenvalue weighted by molar-refractivity contribution is 8.00. The van der Waals surface area contributed by atoms with E-state index in [-0.39, 0.29) is 4.75 Å². The Kier molecular flexibility index (Phi) is 7.08. The quantitative estimate of drug-likeness (QED) is 0.294. The van der Waals surface area contributed by atoms with E-state index in [1.807, 2.05) is 0 Å². The second kappa shape index (κ2) is 10.1. The predicted molar refractivity (Wildman–Crippen MR) is 127 cm³/mol. The molecule has 3 aromatic rings. The number of thioether (sulfide) groups is 1. The van der Waals surface area contributed by atoms with E-state index >= 15 is 0 Å². The maximum Gasteiger partial charge on any atom is 0.0906 e. The largest absolute Gasteiger partial charge is 0.303 e. The van der Waals surface area contributed by atoms with Gasteiger partial charge < -0.3 is 4.90 Å². The Hall–Kier alpha value is -2.03. The smallest absolute Gasteiger partial charge is 0.0906 e. The van der Waals surface area contributed by atoms with Gasteiger partial charge in [-0.25, -0.2) is 0 Å². The topological polar surface area (TPSA) is 3.24 Å². The maximum atomic E-state index is 2.63. The van der Waals surface area contributed by atoms with E-state index in [1.165, 1.54) is 62.0 Å². The molecule has 3 aromatic carbocycles. The van der Waals surface area contributed by atoms with Crippen LogP contribution in [0.4, 0.5) is 0 Å². The summed E-state index contributed by atoms with van der Waals surface area (Å²) in [5.41, 5.74) is 4.09. The first-order valence-corrected chi connectivity index (χ1v) is 11.9. The summed E-state index contributed by atoms with van der Waals surface area (Å²) in [5.74, 6) is 1.16. The van der Waals surface area contributed by atoms with Crippen molar-refractivity contribution in [3.05, 3.63) is 108 Å². The van der Waals surface area contributed by atoms with Crippen LogP contribution in [0.2, 0.25) is 0 Å². The van der Waals surface area contributed by atoms with Crippen LogP contribution in [0.25, 0.3) is 0 Å². The van der Waals surface area contributed by atoms with Crippen LogP contribution in [0.3, 0.4) is 0 Å². The van der Waals surface area contributed by atoms with Crippen molar-refractivity contribution in [3.8, 4) is 0 Å². The van der Waals surface area contributed by atoms with Gasteiger partial charge in [0, 0.05) is 0 Å². The van der Waals surface area contributed by atoms with Crippen molar-refractivity contribution in [2.75, 3.05) is 25.4 Å². The van der Waals surface area contributed by atoms with Crippen molar-refractivity contribution in [2.24, 2.45) is 0 Å². The Labute approximate surface area is 180 Å². The van der Waals surface area contributed by atoms with E-state index in [9.17, 15) is 0 Å². The SMILES string of the molecule is c1ccc(C(SCCCCN2CCCC2)(c2ccccc2)c2ccccc2)cc1. The molecule has 1 saturated heterocycles. The number of rotatable bonds is 9. The number of hydrogen-bond acceptors (Lipinski definition) is 2. The van der Waals surface area contributed by atoms with Crippen LogP contribution < -0.4 is 0 Å². The normalized spacial score (nSPS) is 14.9. The lowest BCUT2D eigenvalue weighted by atomic mass is 9.84. The van der Waals surface area contributed by atoms with Crippen molar-refractivity contribution in [1.82, 2.24) is 4.90 Å². The van der Waals surface area contributed by atoms with E-state index in [1.54, 1.807) is 0 Å². The van der Waals surface area contributed by atoms with Gasteiger partial charge in [0.1, 0.15) is 0 Å². The van der Waals surface area contributed by atoms with Crippen molar-refractivity contribution >= 4 is 11.8 Å². The highest BCUT2D eigenvalue weighted by atomic mass is 32.2. The molecule has 1 aliphatic rings. The highest BCUT2D eigenvalue weighted by Crippen LogP contribution is 2.48. The minimum absolute atomic E-state index is 0.169. The number of hydrogen-bond donors (Lipinski definition) is 0. The molecule has 0 aliphatic carbocycles. The van der Waals surface area contributed by atoms with Gasteiger partial charge >= 0.3 is 0 Å². The van der Waals surface area contributed by atoms with E-state index < -0.39 is 0 Å². The maximum absolute atomic E-state index is 2.63. The van der Waals surface area contributed by atoms with Gasteiger partial charge in [-0.2, -0.15) is 0 Å². The summed E-state index contributed by atoms with van der Waals surface area (Å²) in [4.78, 5) is 2.63. The molecule has 1 nitrogen and oxygen atoms in total. The molecule has 150 valence electrons. The zero-order valence-corrected chi connectivity index (χ0v) is 18.0. The lowest BCUT2D eigenvalue weighted by molar-refractivity contribution is 0.333. The van der Waals surface area contributed by atoms with Gasteiger partial charge in [0.05, 0.1) is 4.75 Å². The van der Waals surface area contributed by atoms with Crippen molar-refractivity contribution in [2.45, 2.75) is 30.4 Å². The van der Waals surface area contributed by atoms with E-state index in [0.717, 1.165) is 5.75 Å². The Morgan fingerprint density at radius 3 is 1.52 bits per heavy atom. The molecule has 29 heavy (non-hydrogen) atoms. The van der Waals surface area contributed by atoms with E-state index in [0.29, 0.717) is 0 Å². The van der Waals surface area contributed by atoms with Crippen LogP contribution in [0.1, 0.15) is 42.4 Å². The minimum Gasteiger partial charge on any atom is -0.303 e. The van der Waals surface area contributed by atoms with Crippen LogP contribution in [0.15, 0.2) is 91.0 Å². The first-order chi connectivity index (χ1) is 14.4. The van der Waals surface area contributed by atoms with E-state index in [4.69, 9.17) is 0 Å². The van der Waals surface area contributed by atoms with Gasteiger partial charge in [-0.15, -0.1) is 11.8 Å². The van der Waals surface area contributed by atoms with Crippen LogP contribution in [0.5, 0.6) is 0 Å². The number of benzene rings is 3. The van der Waals surface area contributed by atoms with Crippen molar-refractivity contribution < 1.29 is 0 Å². The minimum atomic E-state index is -0.169. The summed E-state index contributed by atoms with van der Waals surface area (Å²) < 4.78 is -0.169. The van der Waals surface area contributed by atoms with Crippen molar-refractivity contribution in [1.29, 1.82) is 0 Å². The summed E-state index contributed by atoms with van der Waals surface area (Å²) in [6, 6.07) is 33.1. The molecule has 0 spiro atoms. The molecule has 2 heteroatoms. The third kappa shape index (κ3) is 4.76. The van der Waals surface area contributed by atoms with Crippen LogP contribution in [0, 0.1) is 0 Å². The Morgan fingerprint density at radius 2 is 1.07 bits per heavy atom. The second-order valence-corrected chi connectivity index (χ2v) is 9.19. The Morgan fingerprint density at radius 1 is 0.621 bits per heavy atom. The molecule has 0 amide bonds. The van der Waals surface area contributed by atoms with Gasteiger partial charge in [-0.3, -0.25) is 0 Å². The average Bonchev–Trinajstić information content (AvgIpc) is 3.32. The molecular formula is C27H31NS. The lowest BCUT2D eigenvalue weighted by Gasteiger charge is -2.35. The fourth-order valence-electron chi connectivity index (χ4n) is 4.44. The monoisotopic (exact) mass is 401 g/mol. The molecule has 1 aliphatic heterocycles. The van der Waals surface area contributed by atoms with Crippen LogP contribution in [-0.4, -0.2) is 30.3 Å². The highest BCUT2D eigenvalue weighted by Gasteiger charge is 2.36. The Bertz CT molecular complexity index is 745. The lowest BCUT2D eigenvalue weighted by Crippen LogP contribution is -2.26. The average molecular weight is 402 g/mol. The molecule has 0 unspecified atom stereocenters. The molecular weight excluding hydrogens is 370 g/mol. The summed E-state index contributed by atoms with van der Waals surface area (Å²) in [7, 11) is 0. The van der Waals surface area contributed by atoms with Gasteiger partial charge in [-0.05, 0) is 67.8 Å². The van der Waals surface area contributed by atoms with Gasteiger partial charge in [0.2, 0.25) is 0 Å².